The Bertz CT molecular complexity index is 400. The van der Waals surface area contributed by atoms with E-state index in [1.807, 2.05) is 11.8 Å². The summed E-state index contributed by atoms with van der Waals surface area (Å²) in [4.78, 5) is 5.66. The van der Waals surface area contributed by atoms with Gasteiger partial charge in [-0.2, -0.15) is 13.2 Å². The van der Waals surface area contributed by atoms with Crippen molar-refractivity contribution in [2.45, 2.75) is 25.6 Å². The summed E-state index contributed by atoms with van der Waals surface area (Å²) in [5.41, 5.74) is -0.829. The van der Waals surface area contributed by atoms with Crippen molar-refractivity contribution in [3.05, 3.63) is 23.9 Å². The van der Waals surface area contributed by atoms with Crippen molar-refractivity contribution in [1.29, 1.82) is 0 Å². The quantitative estimate of drug-likeness (QED) is 0.902. The monoisotopic (exact) mass is 259 g/mol. The van der Waals surface area contributed by atoms with Crippen LogP contribution in [0.1, 0.15) is 19.0 Å². The van der Waals surface area contributed by atoms with Gasteiger partial charge < -0.3 is 10.2 Å². The molecule has 1 aromatic rings. The third kappa shape index (κ3) is 2.75. The number of anilines is 1. The number of halogens is 3. The highest BCUT2D eigenvalue weighted by atomic mass is 19.4. The molecule has 2 heterocycles. The number of nitrogens with one attached hydrogen (secondary N) is 1. The van der Waals surface area contributed by atoms with Crippen LogP contribution in [0.4, 0.5) is 19.0 Å². The Morgan fingerprint density at radius 1 is 1.44 bits per heavy atom. The average Bonchev–Trinajstić information content (AvgIpc) is 2.83. The molecule has 18 heavy (non-hydrogen) atoms. The molecule has 2 rings (SSSR count). The van der Waals surface area contributed by atoms with E-state index in [-0.39, 0.29) is 6.04 Å². The number of hydrogen-bond donors (Lipinski definition) is 1. The largest absolute Gasteiger partial charge is 0.433 e. The molecule has 0 amide bonds. The summed E-state index contributed by atoms with van der Waals surface area (Å²) in [7, 11) is 0. The van der Waals surface area contributed by atoms with Crippen molar-refractivity contribution in [2.24, 2.45) is 0 Å². The number of hydrogen-bond acceptors (Lipinski definition) is 3. The predicted octanol–water partition coefficient (Wildman–Crippen LogP) is 2.29. The summed E-state index contributed by atoms with van der Waals surface area (Å²) in [5, 5.41) is 3.21. The molecule has 0 aromatic carbocycles. The van der Waals surface area contributed by atoms with E-state index >= 15 is 0 Å². The van der Waals surface area contributed by atoms with E-state index < -0.39 is 11.9 Å². The Morgan fingerprint density at radius 2 is 2.22 bits per heavy atom. The highest BCUT2D eigenvalue weighted by Crippen LogP contribution is 2.29. The molecular formula is C12H16F3N3. The molecule has 6 heteroatoms. The smallest absolute Gasteiger partial charge is 0.353 e. The van der Waals surface area contributed by atoms with E-state index in [1.54, 1.807) is 6.07 Å². The minimum Gasteiger partial charge on any atom is -0.353 e. The zero-order chi connectivity index (χ0) is 13.2. The van der Waals surface area contributed by atoms with Crippen molar-refractivity contribution in [1.82, 2.24) is 10.3 Å². The second kappa shape index (κ2) is 5.14. The van der Waals surface area contributed by atoms with Gasteiger partial charge >= 0.3 is 6.18 Å². The van der Waals surface area contributed by atoms with Crippen molar-refractivity contribution in [2.75, 3.05) is 24.5 Å². The predicted molar refractivity (Wildman–Crippen MR) is 63.5 cm³/mol. The molecule has 1 N–H and O–H groups in total. The van der Waals surface area contributed by atoms with Gasteiger partial charge in [-0.1, -0.05) is 6.07 Å². The number of pyridine rings is 1. The lowest BCUT2D eigenvalue weighted by molar-refractivity contribution is -0.141. The van der Waals surface area contributed by atoms with Crippen LogP contribution in [0.25, 0.3) is 0 Å². The van der Waals surface area contributed by atoms with Crippen LogP contribution < -0.4 is 10.2 Å². The van der Waals surface area contributed by atoms with Crippen molar-refractivity contribution in [3.8, 4) is 0 Å². The number of rotatable bonds is 3. The van der Waals surface area contributed by atoms with Crippen LogP contribution in [0.15, 0.2) is 18.2 Å². The van der Waals surface area contributed by atoms with Gasteiger partial charge in [0.05, 0.1) is 0 Å². The first kappa shape index (κ1) is 13.1. The second-order valence-corrected chi connectivity index (χ2v) is 4.31. The fourth-order valence-electron chi connectivity index (χ4n) is 2.25. The Kier molecular flexibility index (Phi) is 3.75. The average molecular weight is 259 g/mol. The first-order chi connectivity index (χ1) is 8.52. The van der Waals surface area contributed by atoms with Crippen LogP contribution in [0.3, 0.4) is 0 Å². The van der Waals surface area contributed by atoms with Gasteiger partial charge in [-0.25, -0.2) is 4.98 Å². The van der Waals surface area contributed by atoms with Crippen LogP contribution >= 0.6 is 0 Å². The standard InChI is InChI=1S/C12H16F3N3/c1-2-18(9-6-7-16-8-9)11-5-3-4-10(17-11)12(13,14)15/h3-5,9,16H,2,6-8H2,1H3. The molecule has 1 unspecified atom stereocenters. The molecule has 3 nitrogen and oxygen atoms in total. The molecule has 1 fully saturated rings. The third-order valence-corrected chi connectivity index (χ3v) is 3.13. The van der Waals surface area contributed by atoms with E-state index in [1.165, 1.54) is 6.07 Å². The third-order valence-electron chi connectivity index (χ3n) is 3.13. The fourth-order valence-corrected chi connectivity index (χ4v) is 2.25. The zero-order valence-electron chi connectivity index (χ0n) is 10.2. The lowest BCUT2D eigenvalue weighted by Gasteiger charge is -2.28. The first-order valence-electron chi connectivity index (χ1n) is 6.04. The number of aromatic nitrogens is 1. The minimum atomic E-state index is -4.39. The summed E-state index contributed by atoms with van der Waals surface area (Å²) in [6.45, 7) is 4.28. The second-order valence-electron chi connectivity index (χ2n) is 4.31. The maximum absolute atomic E-state index is 12.6. The SMILES string of the molecule is CCN(c1cccc(C(F)(F)F)n1)C1CCNC1. The number of likely N-dealkylation sites (N-methyl/N-ethyl adjacent to an activating group) is 1. The first-order valence-corrected chi connectivity index (χ1v) is 6.04. The highest BCUT2D eigenvalue weighted by molar-refractivity contribution is 5.41. The van der Waals surface area contributed by atoms with Gasteiger partial charge in [0.2, 0.25) is 0 Å². The molecule has 0 aliphatic carbocycles. The van der Waals surface area contributed by atoms with Gasteiger partial charge in [-0.05, 0) is 32.0 Å². The molecule has 0 saturated carbocycles. The lowest BCUT2D eigenvalue weighted by atomic mass is 10.2. The normalized spacial score (nSPS) is 20.1. The van der Waals surface area contributed by atoms with Crippen LogP contribution in [-0.4, -0.2) is 30.7 Å². The summed E-state index contributed by atoms with van der Waals surface area (Å²) >= 11 is 0. The van der Waals surface area contributed by atoms with Crippen molar-refractivity contribution in [3.63, 3.8) is 0 Å². The molecule has 0 spiro atoms. The van der Waals surface area contributed by atoms with Crippen LogP contribution in [0, 0.1) is 0 Å². The molecule has 0 bridgehead atoms. The van der Waals surface area contributed by atoms with Gasteiger partial charge in [-0.15, -0.1) is 0 Å². The van der Waals surface area contributed by atoms with E-state index in [4.69, 9.17) is 0 Å². The Morgan fingerprint density at radius 3 is 2.78 bits per heavy atom. The summed E-state index contributed by atoms with van der Waals surface area (Å²) < 4.78 is 37.9. The molecule has 100 valence electrons. The molecule has 1 aliphatic heterocycles. The van der Waals surface area contributed by atoms with Gasteiger partial charge in [0, 0.05) is 19.1 Å². The van der Waals surface area contributed by atoms with Gasteiger partial charge in [0.15, 0.2) is 0 Å². The van der Waals surface area contributed by atoms with Gasteiger partial charge in [0.25, 0.3) is 0 Å². The lowest BCUT2D eigenvalue weighted by Crippen LogP contribution is -2.37. The number of alkyl halides is 3. The summed E-state index contributed by atoms with van der Waals surface area (Å²) in [6.07, 6.45) is -3.45. The number of nitrogens with zero attached hydrogens (tertiary/aromatic N) is 2. The molecule has 1 saturated heterocycles. The van der Waals surface area contributed by atoms with Crippen molar-refractivity contribution < 1.29 is 13.2 Å². The maximum atomic E-state index is 12.6. The molecule has 1 aromatic heterocycles. The van der Waals surface area contributed by atoms with Crippen LogP contribution in [-0.2, 0) is 6.18 Å². The van der Waals surface area contributed by atoms with Gasteiger partial charge in [-0.3, -0.25) is 0 Å². The van der Waals surface area contributed by atoms with E-state index in [0.29, 0.717) is 12.4 Å². The topological polar surface area (TPSA) is 28.2 Å². The Hall–Kier alpha value is -1.30. The van der Waals surface area contributed by atoms with Crippen molar-refractivity contribution >= 4 is 5.82 Å². The summed E-state index contributed by atoms with van der Waals surface area (Å²) in [5.74, 6) is 0.404. The van der Waals surface area contributed by atoms with Gasteiger partial charge in [0.1, 0.15) is 11.5 Å². The van der Waals surface area contributed by atoms with E-state index in [9.17, 15) is 13.2 Å². The van der Waals surface area contributed by atoms with E-state index in [2.05, 4.69) is 10.3 Å². The highest BCUT2D eigenvalue weighted by Gasteiger charge is 2.33. The maximum Gasteiger partial charge on any atom is 0.433 e. The Labute approximate surface area is 104 Å². The summed E-state index contributed by atoms with van der Waals surface area (Å²) in [6, 6.07) is 4.28. The molecule has 1 aliphatic rings. The van der Waals surface area contributed by atoms with Crippen LogP contribution in [0.5, 0.6) is 0 Å². The zero-order valence-corrected chi connectivity index (χ0v) is 10.2. The molecular weight excluding hydrogens is 243 g/mol. The molecule has 1 atom stereocenters. The van der Waals surface area contributed by atoms with Crippen LogP contribution in [0.2, 0.25) is 0 Å². The minimum absolute atomic E-state index is 0.228. The Balaban J connectivity index is 2.25. The van der Waals surface area contributed by atoms with E-state index in [0.717, 1.165) is 25.6 Å². The molecule has 0 radical (unpaired) electrons. The fraction of sp³-hybridized carbons (Fsp3) is 0.583.